The minimum Gasteiger partial charge on any atom is -0.504 e. The van der Waals surface area contributed by atoms with Crippen molar-refractivity contribution in [1.29, 1.82) is 0 Å². The Morgan fingerprint density at radius 3 is 2.24 bits per heavy atom. The van der Waals surface area contributed by atoms with Crippen LogP contribution in [0.25, 0.3) is 0 Å². The zero-order chi connectivity index (χ0) is 23.1. The smallest absolute Gasteiger partial charge is 0.266 e. The van der Waals surface area contributed by atoms with Gasteiger partial charge < -0.3 is 14.6 Å². The van der Waals surface area contributed by atoms with Crippen molar-refractivity contribution in [1.82, 2.24) is 0 Å². The number of hydroxylamine groups is 1. The summed E-state index contributed by atoms with van der Waals surface area (Å²) in [6.45, 7) is 0. The van der Waals surface area contributed by atoms with Gasteiger partial charge in [0, 0.05) is 0 Å². The van der Waals surface area contributed by atoms with Crippen LogP contribution in [0, 0.1) is 5.92 Å². The van der Waals surface area contributed by atoms with Crippen molar-refractivity contribution in [2.75, 3.05) is 24.2 Å². The molecule has 2 fully saturated rings. The Kier molecular flexibility index (Phi) is 5.14. The quantitative estimate of drug-likeness (QED) is 0.601. The van der Waals surface area contributed by atoms with Gasteiger partial charge in [-0.2, -0.15) is 0 Å². The van der Waals surface area contributed by atoms with E-state index in [0.29, 0.717) is 22.7 Å². The Morgan fingerprint density at radius 2 is 1.58 bits per heavy atom. The van der Waals surface area contributed by atoms with Gasteiger partial charge in [0.1, 0.15) is 11.7 Å². The zero-order valence-electron chi connectivity index (χ0n) is 18.0. The third-order valence-corrected chi connectivity index (χ3v) is 6.00. The lowest BCUT2D eigenvalue weighted by Crippen LogP contribution is -2.37. The van der Waals surface area contributed by atoms with Crippen molar-refractivity contribution in [3.8, 4) is 17.2 Å². The topological polar surface area (TPSA) is 88.5 Å². The van der Waals surface area contributed by atoms with E-state index < -0.39 is 24.0 Å². The number of amides is 2. The number of hydrogen-bond donors (Lipinski definition) is 1. The van der Waals surface area contributed by atoms with Crippen LogP contribution < -0.4 is 19.4 Å². The lowest BCUT2D eigenvalue weighted by Gasteiger charge is -2.29. The van der Waals surface area contributed by atoms with Crippen molar-refractivity contribution >= 4 is 23.2 Å². The van der Waals surface area contributed by atoms with Crippen LogP contribution in [0.2, 0.25) is 0 Å². The second-order valence-corrected chi connectivity index (χ2v) is 7.80. The zero-order valence-corrected chi connectivity index (χ0v) is 18.0. The average molecular weight is 446 g/mol. The van der Waals surface area contributed by atoms with Crippen molar-refractivity contribution in [3.63, 3.8) is 0 Å². The summed E-state index contributed by atoms with van der Waals surface area (Å²) < 4.78 is 10.5. The van der Waals surface area contributed by atoms with Gasteiger partial charge in [-0.1, -0.05) is 24.3 Å². The molecule has 2 saturated heterocycles. The predicted molar refractivity (Wildman–Crippen MR) is 120 cm³/mol. The van der Waals surface area contributed by atoms with Gasteiger partial charge in [-0.3, -0.25) is 14.4 Å². The SMILES string of the molecule is COc1ccc(N2C(=O)[C@@H]3[C@@H](c4ccc(O)c(OC)c4)N(c4ccccc4)O[C@H]3C2=O)cc1. The number of para-hydroxylation sites is 1. The molecule has 2 heterocycles. The number of benzene rings is 3. The van der Waals surface area contributed by atoms with Crippen LogP contribution in [0.15, 0.2) is 72.8 Å². The van der Waals surface area contributed by atoms with E-state index in [4.69, 9.17) is 14.3 Å². The average Bonchev–Trinajstić information content (AvgIpc) is 3.36. The van der Waals surface area contributed by atoms with Crippen LogP contribution in [0.4, 0.5) is 11.4 Å². The number of ether oxygens (including phenoxy) is 2. The highest BCUT2D eigenvalue weighted by Gasteiger charge is 2.60. The molecule has 8 heteroatoms. The molecule has 0 aliphatic carbocycles. The molecule has 1 N–H and O–H groups in total. The molecule has 3 aromatic carbocycles. The molecule has 8 nitrogen and oxygen atoms in total. The summed E-state index contributed by atoms with van der Waals surface area (Å²) >= 11 is 0. The summed E-state index contributed by atoms with van der Waals surface area (Å²) in [5, 5.41) is 11.7. The molecule has 0 aromatic heterocycles. The minimum atomic E-state index is -0.982. The second kappa shape index (κ2) is 8.14. The first-order chi connectivity index (χ1) is 16.0. The molecule has 5 rings (SSSR count). The minimum absolute atomic E-state index is 0.0170. The first kappa shape index (κ1) is 20.8. The Balaban J connectivity index is 1.58. The summed E-state index contributed by atoms with van der Waals surface area (Å²) in [6.07, 6.45) is -0.982. The fraction of sp³-hybridized carbons (Fsp3) is 0.200. The van der Waals surface area contributed by atoms with E-state index in [1.54, 1.807) is 48.6 Å². The molecule has 0 unspecified atom stereocenters. The van der Waals surface area contributed by atoms with Crippen LogP contribution in [0.5, 0.6) is 17.2 Å². The van der Waals surface area contributed by atoms with Gasteiger partial charge >= 0.3 is 0 Å². The molecule has 0 bridgehead atoms. The standard InChI is InChI=1S/C25H22N2O6/c1-31-18-11-9-16(10-12-18)26-24(29)21-22(15-8-13-19(28)20(14-15)32-2)27(33-23(21)25(26)30)17-6-4-3-5-7-17/h3-14,21-23,28H,1-2H3/t21-,22-,23-/m1/s1. The van der Waals surface area contributed by atoms with Crippen molar-refractivity contribution in [2.45, 2.75) is 12.1 Å². The maximum atomic E-state index is 13.6. The lowest BCUT2D eigenvalue weighted by molar-refractivity contribution is -0.126. The fourth-order valence-electron chi connectivity index (χ4n) is 4.42. The number of carbonyl (C=O) groups excluding carboxylic acids is 2. The summed E-state index contributed by atoms with van der Waals surface area (Å²) in [6, 6.07) is 20.3. The van der Waals surface area contributed by atoms with E-state index in [9.17, 15) is 14.7 Å². The number of anilines is 2. The van der Waals surface area contributed by atoms with E-state index in [-0.39, 0.29) is 17.4 Å². The van der Waals surface area contributed by atoms with Crippen molar-refractivity contribution in [3.05, 3.63) is 78.4 Å². The summed E-state index contributed by atoms with van der Waals surface area (Å²) in [4.78, 5) is 34.2. The third-order valence-electron chi connectivity index (χ3n) is 6.00. The van der Waals surface area contributed by atoms with Gasteiger partial charge in [-0.25, -0.2) is 9.96 Å². The molecule has 168 valence electrons. The van der Waals surface area contributed by atoms with Gasteiger partial charge in [0.05, 0.1) is 31.6 Å². The highest BCUT2D eigenvalue weighted by molar-refractivity contribution is 6.23. The maximum Gasteiger partial charge on any atom is 0.266 e. The first-order valence-corrected chi connectivity index (χ1v) is 10.4. The number of methoxy groups -OCH3 is 2. The predicted octanol–water partition coefficient (Wildman–Crippen LogP) is 3.46. The lowest BCUT2D eigenvalue weighted by atomic mass is 9.90. The Morgan fingerprint density at radius 1 is 0.848 bits per heavy atom. The number of hydrogen-bond acceptors (Lipinski definition) is 7. The van der Waals surface area contributed by atoms with Crippen LogP contribution in [-0.2, 0) is 14.4 Å². The number of fused-ring (bicyclic) bond motifs is 1. The van der Waals surface area contributed by atoms with Gasteiger partial charge in [-0.05, 0) is 54.1 Å². The van der Waals surface area contributed by atoms with E-state index in [0.717, 1.165) is 0 Å². The van der Waals surface area contributed by atoms with E-state index in [2.05, 4.69) is 0 Å². The van der Waals surface area contributed by atoms with Crippen LogP contribution in [0.3, 0.4) is 0 Å². The molecule has 2 amide bonds. The summed E-state index contributed by atoms with van der Waals surface area (Å²) in [7, 11) is 3.01. The molecular weight excluding hydrogens is 424 g/mol. The number of rotatable bonds is 5. The van der Waals surface area contributed by atoms with Crippen LogP contribution in [0.1, 0.15) is 11.6 Å². The van der Waals surface area contributed by atoms with E-state index in [1.165, 1.54) is 18.1 Å². The number of nitrogens with zero attached hydrogens (tertiary/aromatic N) is 2. The molecule has 3 atom stereocenters. The second-order valence-electron chi connectivity index (χ2n) is 7.80. The fourth-order valence-corrected chi connectivity index (χ4v) is 4.42. The molecule has 2 aliphatic heterocycles. The normalized spacial score (nSPS) is 21.9. The molecule has 0 radical (unpaired) electrons. The van der Waals surface area contributed by atoms with E-state index >= 15 is 0 Å². The van der Waals surface area contributed by atoms with Gasteiger partial charge in [0.25, 0.3) is 5.91 Å². The number of aromatic hydroxyl groups is 1. The number of imide groups is 1. The maximum absolute atomic E-state index is 13.6. The molecule has 33 heavy (non-hydrogen) atoms. The number of phenolic OH excluding ortho intramolecular Hbond substituents is 1. The monoisotopic (exact) mass is 446 g/mol. The van der Waals surface area contributed by atoms with Gasteiger partial charge in [-0.15, -0.1) is 0 Å². The molecule has 3 aromatic rings. The highest BCUT2D eigenvalue weighted by Crippen LogP contribution is 2.48. The van der Waals surface area contributed by atoms with Crippen molar-refractivity contribution in [2.24, 2.45) is 5.92 Å². The van der Waals surface area contributed by atoms with Gasteiger partial charge in [0.2, 0.25) is 5.91 Å². The molecule has 2 aliphatic rings. The van der Waals surface area contributed by atoms with Gasteiger partial charge in [0.15, 0.2) is 17.6 Å². The number of phenols is 1. The molecule has 0 saturated carbocycles. The Hall–Kier alpha value is -4.04. The largest absolute Gasteiger partial charge is 0.504 e. The first-order valence-electron chi connectivity index (χ1n) is 10.4. The highest BCUT2D eigenvalue weighted by atomic mass is 16.7. The number of carbonyl (C=O) groups is 2. The van der Waals surface area contributed by atoms with E-state index in [1.807, 2.05) is 30.3 Å². The Bertz CT molecular complexity index is 1200. The van der Waals surface area contributed by atoms with Crippen LogP contribution in [-0.4, -0.2) is 37.2 Å². The summed E-state index contributed by atoms with van der Waals surface area (Å²) in [5.41, 5.74) is 1.84. The van der Waals surface area contributed by atoms with Crippen LogP contribution >= 0.6 is 0 Å². The molecule has 0 spiro atoms. The molecular formula is C25H22N2O6. The Labute approximate surface area is 190 Å². The third kappa shape index (κ3) is 3.35. The summed E-state index contributed by atoms with van der Waals surface area (Å²) in [5.74, 6) is -0.688. The van der Waals surface area contributed by atoms with Crippen molar-refractivity contribution < 1.29 is 29.0 Å².